The van der Waals surface area contributed by atoms with Crippen molar-refractivity contribution in [3.05, 3.63) is 46.3 Å². The number of methoxy groups -OCH3 is 2. The molecule has 1 aromatic carbocycles. The van der Waals surface area contributed by atoms with Crippen LogP contribution in [0.4, 0.5) is 5.00 Å². The summed E-state index contributed by atoms with van der Waals surface area (Å²) in [5, 5.41) is 0.515. The molecule has 0 unspecified atom stereocenters. The van der Waals surface area contributed by atoms with Gasteiger partial charge in [-0.05, 0) is 36.6 Å². The molecular formula is C15H17NO3S. The van der Waals surface area contributed by atoms with Gasteiger partial charge in [-0.15, -0.1) is 11.3 Å². The van der Waals surface area contributed by atoms with Crippen LogP contribution in [0.5, 0.6) is 5.75 Å². The van der Waals surface area contributed by atoms with Crippen molar-refractivity contribution in [2.24, 2.45) is 0 Å². The molecule has 5 heteroatoms. The number of carbonyl (C=O) groups excluding carboxylic acids is 1. The number of nitrogen functional groups attached to an aromatic ring is 1. The highest BCUT2D eigenvalue weighted by atomic mass is 32.1. The first-order valence-electron chi connectivity index (χ1n) is 6.23. The van der Waals surface area contributed by atoms with E-state index in [-0.39, 0.29) is 5.97 Å². The maximum atomic E-state index is 11.5. The number of aryl methyl sites for hydroxylation is 2. The van der Waals surface area contributed by atoms with Crippen molar-refractivity contribution in [2.45, 2.75) is 12.8 Å². The smallest absolute Gasteiger partial charge is 0.340 e. The van der Waals surface area contributed by atoms with Gasteiger partial charge in [0.1, 0.15) is 10.8 Å². The van der Waals surface area contributed by atoms with Crippen molar-refractivity contribution < 1.29 is 14.3 Å². The summed E-state index contributed by atoms with van der Waals surface area (Å²) in [4.78, 5) is 12.6. The van der Waals surface area contributed by atoms with Gasteiger partial charge in [-0.1, -0.05) is 12.1 Å². The van der Waals surface area contributed by atoms with Gasteiger partial charge < -0.3 is 15.2 Å². The summed E-state index contributed by atoms with van der Waals surface area (Å²) in [6, 6.07) is 9.78. The number of hydrogen-bond donors (Lipinski definition) is 1. The van der Waals surface area contributed by atoms with Crippen LogP contribution in [-0.2, 0) is 17.6 Å². The summed E-state index contributed by atoms with van der Waals surface area (Å²) >= 11 is 1.44. The third kappa shape index (κ3) is 3.30. The van der Waals surface area contributed by atoms with E-state index >= 15 is 0 Å². The molecule has 0 radical (unpaired) electrons. The van der Waals surface area contributed by atoms with Gasteiger partial charge in [-0.3, -0.25) is 0 Å². The molecule has 1 aromatic heterocycles. The molecule has 2 rings (SSSR count). The lowest BCUT2D eigenvalue weighted by Gasteiger charge is -2.02. The van der Waals surface area contributed by atoms with Gasteiger partial charge in [-0.2, -0.15) is 0 Å². The van der Waals surface area contributed by atoms with Crippen LogP contribution in [-0.4, -0.2) is 20.2 Å². The number of nitrogens with two attached hydrogens (primary N) is 1. The molecule has 0 aliphatic carbocycles. The Morgan fingerprint density at radius 3 is 2.50 bits per heavy atom. The second-order valence-corrected chi connectivity index (χ2v) is 5.50. The molecule has 0 bridgehead atoms. The maximum absolute atomic E-state index is 11.5. The average molecular weight is 291 g/mol. The fourth-order valence-corrected chi connectivity index (χ4v) is 2.83. The molecule has 0 saturated heterocycles. The Morgan fingerprint density at radius 2 is 1.90 bits per heavy atom. The van der Waals surface area contributed by atoms with Crippen LogP contribution in [0.2, 0.25) is 0 Å². The largest absolute Gasteiger partial charge is 0.497 e. The zero-order chi connectivity index (χ0) is 14.5. The lowest BCUT2D eigenvalue weighted by atomic mass is 10.1. The summed E-state index contributed by atoms with van der Waals surface area (Å²) in [6.45, 7) is 0. The Bertz CT molecular complexity index is 590. The molecule has 2 aromatic rings. The van der Waals surface area contributed by atoms with Gasteiger partial charge in [0, 0.05) is 4.88 Å². The van der Waals surface area contributed by atoms with Crippen LogP contribution in [0.15, 0.2) is 30.3 Å². The average Bonchev–Trinajstić information content (AvgIpc) is 2.86. The number of carbonyl (C=O) groups is 1. The molecule has 0 aliphatic heterocycles. The lowest BCUT2D eigenvalue weighted by molar-refractivity contribution is 0.0602. The SMILES string of the molecule is COC(=O)c1cc(CCc2ccc(OC)cc2)sc1N. The summed E-state index contributed by atoms with van der Waals surface area (Å²) < 4.78 is 9.82. The van der Waals surface area contributed by atoms with Crippen molar-refractivity contribution >= 4 is 22.3 Å². The van der Waals surface area contributed by atoms with E-state index < -0.39 is 0 Å². The van der Waals surface area contributed by atoms with Crippen LogP contribution >= 0.6 is 11.3 Å². The van der Waals surface area contributed by atoms with E-state index in [0.717, 1.165) is 23.5 Å². The number of rotatable bonds is 5. The molecule has 1 heterocycles. The minimum absolute atomic E-state index is 0.380. The van der Waals surface area contributed by atoms with E-state index in [9.17, 15) is 4.79 Å². The maximum Gasteiger partial charge on any atom is 0.340 e. The second kappa shape index (κ2) is 6.43. The van der Waals surface area contributed by atoms with Gasteiger partial charge in [-0.25, -0.2) is 4.79 Å². The first kappa shape index (κ1) is 14.4. The number of anilines is 1. The van der Waals surface area contributed by atoms with Crippen LogP contribution in [0.3, 0.4) is 0 Å². The zero-order valence-electron chi connectivity index (χ0n) is 11.5. The standard InChI is InChI=1S/C15H17NO3S/c1-18-11-6-3-10(4-7-11)5-8-12-9-13(14(16)20-12)15(17)19-2/h3-4,6-7,9H,5,8,16H2,1-2H3. The second-order valence-electron chi connectivity index (χ2n) is 4.33. The fraction of sp³-hybridized carbons (Fsp3) is 0.267. The Labute approximate surface area is 122 Å². The van der Waals surface area contributed by atoms with Crippen LogP contribution in [0.25, 0.3) is 0 Å². The summed E-state index contributed by atoms with van der Waals surface area (Å²) in [5.41, 5.74) is 7.51. The predicted octanol–water partition coefficient (Wildman–Crippen LogP) is 2.91. The third-order valence-corrected chi connectivity index (χ3v) is 4.06. The topological polar surface area (TPSA) is 61.5 Å². The highest BCUT2D eigenvalue weighted by molar-refractivity contribution is 7.16. The summed E-state index contributed by atoms with van der Waals surface area (Å²) in [6.07, 6.45) is 1.74. The Kier molecular flexibility index (Phi) is 4.63. The van der Waals surface area contributed by atoms with Crippen molar-refractivity contribution in [1.29, 1.82) is 0 Å². The molecule has 0 aliphatic rings. The monoisotopic (exact) mass is 291 g/mol. The van der Waals surface area contributed by atoms with Gasteiger partial charge in [0.2, 0.25) is 0 Å². The van der Waals surface area contributed by atoms with E-state index in [2.05, 4.69) is 0 Å². The summed E-state index contributed by atoms with van der Waals surface area (Å²) in [5.74, 6) is 0.469. The van der Waals surface area contributed by atoms with Crippen LogP contribution in [0.1, 0.15) is 20.8 Å². The first-order chi connectivity index (χ1) is 9.63. The summed E-state index contributed by atoms with van der Waals surface area (Å²) in [7, 11) is 3.01. The molecule has 0 amide bonds. The third-order valence-electron chi connectivity index (χ3n) is 3.04. The van der Waals surface area contributed by atoms with E-state index in [1.807, 2.05) is 30.3 Å². The normalized spacial score (nSPS) is 10.3. The van der Waals surface area contributed by atoms with Gasteiger partial charge in [0.05, 0.1) is 19.8 Å². The van der Waals surface area contributed by atoms with Gasteiger partial charge in [0.25, 0.3) is 0 Å². The molecule has 20 heavy (non-hydrogen) atoms. The van der Waals surface area contributed by atoms with Gasteiger partial charge in [0.15, 0.2) is 0 Å². The first-order valence-corrected chi connectivity index (χ1v) is 7.05. The predicted molar refractivity (Wildman–Crippen MR) is 80.5 cm³/mol. The van der Waals surface area contributed by atoms with Crippen LogP contribution < -0.4 is 10.5 Å². The van der Waals surface area contributed by atoms with E-state index in [1.54, 1.807) is 7.11 Å². The molecule has 0 fully saturated rings. The number of esters is 1. The molecule has 2 N–H and O–H groups in total. The quantitative estimate of drug-likeness (QED) is 0.860. The number of hydrogen-bond acceptors (Lipinski definition) is 5. The molecule has 4 nitrogen and oxygen atoms in total. The van der Waals surface area contributed by atoms with Crippen molar-refractivity contribution in [3.8, 4) is 5.75 Å². The van der Waals surface area contributed by atoms with Crippen molar-refractivity contribution in [3.63, 3.8) is 0 Å². The Morgan fingerprint density at radius 1 is 1.20 bits per heavy atom. The van der Waals surface area contributed by atoms with Gasteiger partial charge >= 0.3 is 5.97 Å². The van der Waals surface area contributed by atoms with Crippen molar-refractivity contribution in [2.75, 3.05) is 20.0 Å². The minimum Gasteiger partial charge on any atom is -0.497 e. The Hall–Kier alpha value is -2.01. The van der Waals surface area contributed by atoms with E-state index in [4.69, 9.17) is 15.2 Å². The zero-order valence-corrected chi connectivity index (χ0v) is 12.3. The number of benzene rings is 1. The Balaban J connectivity index is 2.01. The molecule has 106 valence electrons. The lowest BCUT2D eigenvalue weighted by Crippen LogP contribution is -2.02. The van der Waals surface area contributed by atoms with Crippen molar-refractivity contribution in [1.82, 2.24) is 0 Å². The minimum atomic E-state index is -0.380. The molecular weight excluding hydrogens is 274 g/mol. The van der Waals surface area contributed by atoms with E-state index in [1.165, 1.54) is 24.0 Å². The van der Waals surface area contributed by atoms with Crippen LogP contribution in [0, 0.1) is 0 Å². The van der Waals surface area contributed by atoms with E-state index in [0.29, 0.717) is 10.6 Å². The highest BCUT2D eigenvalue weighted by Crippen LogP contribution is 2.27. The molecule has 0 spiro atoms. The molecule has 0 atom stereocenters. The highest BCUT2D eigenvalue weighted by Gasteiger charge is 2.14. The number of thiophene rings is 1. The fourth-order valence-electron chi connectivity index (χ4n) is 1.91. The molecule has 0 saturated carbocycles. The number of ether oxygens (including phenoxy) is 2.